The van der Waals surface area contributed by atoms with Gasteiger partial charge in [0.1, 0.15) is 17.2 Å². The molecule has 1 N–H and O–H groups in total. The first kappa shape index (κ1) is 17.0. The summed E-state index contributed by atoms with van der Waals surface area (Å²) < 4.78 is 12.9. The molecule has 2 aromatic heterocycles. The molecule has 2 heterocycles. The predicted molar refractivity (Wildman–Crippen MR) is 106 cm³/mol. The number of ether oxygens (including phenoxy) is 1. The summed E-state index contributed by atoms with van der Waals surface area (Å²) in [5, 5.41) is 8.21. The lowest BCUT2D eigenvalue weighted by Crippen LogP contribution is -1.99. The molecule has 4 aromatic rings. The molecule has 0 unspecified atom stereocenters. The second-order valence-electron chi connectivity index (χ2n) is 6.28. The fourth-order valence-corrected chi connectivity index (χ4v) is 2.93. The van der Waals surface area contributed by atoms with Crippen molar-refractivity contribution in [3.63, 3.8) is 0 Å². The van der Waals surface area contributed by atoms with E-state index in [-0.39, 0.29) is 0 Å². The van der Waals surface area contributed by atoms with Crippen molar-refractivity contribution in [1.82, 2.24) is 9.78 Å². The van der Waals surface area contributed by atoms with Crippen LogP contribution in [-0.4, -0.2) is 16.9 Å². The minimum Gasteiger partial charge on any atom is -0.497 e. The zero-order valence-electron chi connectivity index (χ0n) is 15.3. The van der Waals surface area contributed by atoms with E-state index in [2.05, 4.69) is 5.32 Å². The van der Waals surface area contributed by atoms with Gasteiger partial charge in [-0.25, -0.2) is 4.68 Å². The molecule has 0 bridgehead atoms. The Morgan fingerprint density at radius 3 is 2.44 bits per heavy atom. The van der Waals surface area contributed by atoms with Gasteiger partial charge in [0.2, 0.25) is 0 Å². The molecule has 0 saturated heterocycles. The van der Waals surface area contributed by atoms with E-state index in [0.29, 0.717) is 6.54 Å². The standard InChI is InChI=1S/C22H21N3O2/c1-16-8-13-21(27-16)22-17(14-23-18-9-11-20(26-2)12-10-18)15-25(24-22)19-6-4-3-5-7-19/h3-13,15,23H,14H2,1-2H3. The molecule has 2 aromatic carbocycles. The second-order valence-corrected chi connectivity index (χ2v) is 6.28. The summed E-state index contributed by atoms with van der Waals surface area (Å²) in [6.07, 6.45) is 2.04. The maximum atomic E-state index is 5.82. The Morgan fingerprint density at radius 1 is 1.00 bits per heavy atom. The Bertz CT molecular complexity index is 1020. The Balaban J connectivity index is 1.64. The molecule has 0 aliphatic carbocycles. The van der Waals surface area contributed by atoms with Crippen LogP contribution in [0.15, 0.2) is 77.3 Å². The Morgan fingerprint density at radius 2 is 1.78 bits per heavy atom. The summed E-state index contributed by atoms with van der Waals surface area (Å²) >= 11 is 0. The summed E-state index contributed by atoms with van der Waals surface area (Å²) in [4.78, 5) is 0. The smallest absolute Gasteiger partial charge is 0.154 e. The average Bonchev–Trinajstić information content (AvgIpc) is 3.33. The van der Waals surface area contributed by atoms with Crippen molar-refractivity contribution in [2.75, 3.05) is 12.4 Å². The highest BCUT2D eigenvalue weighted by molar-refractivity contribution is 5.59. The molecule has 0 aliphatic rings. The first-order valence-electron chi connectivity index (χ1n) is 8.81. The third-order valence-corrected chi connectivity index (χ3v) is 4.36. The highest BCUT2D eigenvalue weighted by Gasteiger charge is 2.15. The lowest BCUT2D eigenvalue weighted by Gasteiger charge is -2.07. The van der Waals surface area contributed by atoms with Gasteiger partial charge in [-0.2, -0.15) is 5.10 Å². The number of para-hydroxylation sites is 1. The summed E-state index contributed by atoms with van der Waals surface area (Å²) in [5.74, 6) is 2.48. The summed E-state index contributed by atoms with van der Waals surface area (Å²) in [5.41, 5.74) is 3.93. The summed E-state index contributed by atoms with van der Waals surface area (Å²) in [7, 11) is 1.66. The summed E-state index contributed by atoms with van der Waals surface area (Å²) in [6.45, 7) is 2.57. The van der Waals surface area contributed by atoms with Crippen LogP contribution in [0.4, 0.5) is 5.69 Å². The molecule has 5 heteroatoms. The number of benzene rings is 2. The molecule has 0 radical (unpaired) electrons. The van der Waals surface area contributed by atoms with Crippen molar-refractivity contribution in [3.05, 3.63) is 84.3 Å². The van der Waals surface area contributed by atoms with Crippen LogP contribution < -0.4 is 10.1 Å². The van der Waals surface area contributed by atoms with Crippen LogP contribution in [0.3, 0.4) is 0 Å². The van der Waals surface area contributed by atoms with Gasteiger partial charge in [0, 0.05) is 24.0 Å². The van der Waals surface area contributed by atoms with Crippen molar-refractivity contribution in [2.45, 2.75) is 13.5 Å². The predicted octanol–water partition coefficient (Wildman–Crippen LogP) is 5.06. The van der Waals surface area contributed by atoms with E-state index in [0.717, 1.165) is 39.9 Å². The van der Waals surface area contributed by atoms with Crippen molar-refractivity contribution in [1.29, 1.82) is 0 Å². The number of hydrogen-bond donors (Lipinski definition) is 1. The molecule has 0 amide bonds. The normalized spacial score (nSPS) is 10.7. The van der Waals surface area contributed by atoms with Crippen LogP contribution in [-0.2, 0) is 6.54 Å². The van der Waals surface area contributed by atoms with Crippen LogP contribution in [0, 0.1) is 6.92 Å². The number of anilines is 1. The third-order valence-electron chi connectivity index (χ3n) is 4.36. The van der Waals surface area contributed by atoms with Gasteiger partial charge in [0.15, 0.2) is 5.76 Å². The van der Waals surface area contributed by atoms with E-state index in [1.54, 1.807) is 7.11 Å². The first-order valence-corrected chi connectivity index (χ1v) is 8.81. The molecular weight excluding hydrogens is 338 g/mol. The van der Waals surface area contributed by atoms with Crippen LogP contribution in [0.25, 0.3) is 17.1 Å². The van der Waals surface area contributed by atoms with Crippen molar-refractivity contribution in [2.24, 2.45) is 0 Å². The molecule has 0 aliphatic heterocycles. The molecule has 27 heavy (non-hydrogen) atoms. The first-order chi connectivity index (χ1) is 13.2. The maximum absolute atomic E-state index is 5.82. The Labute approximate surface area is 158 Å². The molecule has 0 spiro atoms. The van der Waals surface area contributed by atoms with Gasteiger partial charge in [0.25, 0.3) is 0 Å². The number of aromatic nitrogens is 2. The largest absolute Gasteiger partial charge is 0.497 e. The van der Waals surface area contributed by atoms with Gasteiger partial charge in [-0.15, -0.1) is 0 Å². The fourth-order valence-electron chi connectivity index (χ4n) is 2.93. The van der Waals surface area contributed by atoms with Gasteiger partial charge in [-0.3, -0.25) is 0 Å². The van der Waals surface area contributed by atoms with Crippen molar-refractivity contribution >= 4 is 5.69 Å². The third kappa shape index (κ3) is 3.72. The molecule has 0 fully saturated rings. The van der Waals surface area contributed by atoms with E-state index in [1.807, 2.05) is 84.5 Å². The SMILES string of the molecule is COc1ccc(NCc2cn(-c3ccccc3)nc2-c2ccc(C)o2)cc1. The lowest BCUT2D eigenvalue weighted by atomic mass is 10.2. The van der Waals surface area contributed by atoms with Gasteiger partial charge in [-0.1, -0.05) is 18.2 Å². The van der Waals surface area contributed by atoms with E-state index in [4.69, 9.17) is 14.3 Å². The van der Waals surface area contributed by atoms with E-state index in [9.17, 15) is 0 Å². The number of rotatable bonds is 6. The monoisotopic (exact) mass is 359 g/mol. The second kappa shape index (κ2) is 7.41. The quantitative estimate of drug-likeness (QED) is 0.523. The maximum Gasteiger partial charge on any atom is 0.154 e. The van der Waals surface area contributed by atoms with Crippen molar-refractivity contribution in [3.8, 4) is 22.9 Å². The minimum atomic E-state index is 0.633. The van der Waals surface area contributed by atoms with E-state index < -0.39 is 0 Å². The highest BCUT2D eigenvalue weighted by atomic mass is 16.5. The number of nitrogens with zero attached hydrogens (tertiary/aromatic N) is 2. The Kier molecular flexibility index (Phi) is 4.66. The van der Waals surface area contributed by atoms with Gasteiger partial charge in [-0.05, 0) is 55.5 Å². The van der Waals surface area contributed by atoms with Crippen LogP contribution >= 0.6 is 0 Å². The average molecular weight is 359 g/mol. The molecule has 0 saturated carbocycles. The highest BCUT2D eigenvalue weighted by Crippen LogP contribution is 2.26. The van der Waals surface area contributed by atoms with Gasteiger partial charge in [0.05, 0.1) is 12.8 Å². The number of methoxy groups -OCH3 is 1. The fraction of sp³-hybridized carbons (Fsp3) is 0.136. The lowest BCUT2D eigenvalue weighted by molar-refractivity contribution is 0.415. The van der Waals surface area contributed by atoms with E-state index in [1.165, 1.54) is 0 Å². The zero-order chi connectivity index (χ0) is 18.6. The molecule has 136 valence electrons. The van der Waals surface area contributed by atoms with Crippen LogP contribution in [0.1, 0.15) is 11.3 Å². The number of furan rings is 1. The Hall–Kier alpha value is -3.47. The number of aryl methyl sites for hydroxylation is 1. The molecule has 5 nitrogen and oxygen atoms in total. The van der Waals surface area contributed by atoms with E-state index >= 15 is 0 Å². The van der Waals surface area contributed by atoms with Crippen LogP contribution in [0.5, 0.6) is 5.75 Å². The van der Waals surface area contributed by atoms with Gasteiger partial charge >= 0.3 is 0 Å². The zero-order valence-corrected chi connectivity index (χ0v) is 15.3. The topological polar surface area (TPSA) is 52.2 Å². The number of nitrogens with one attached hydrogen (secondary N) is 1. The number of hydrogen-bond acceptors (Lipinski definition) is 4. The van der Waals surface area contributed by atoms with Crippen molar-refractivity contribution < 1.29 is 9.15 Å². The van der Waals surface area contributed by atoms with Crippen LogP contribution in [0.2, 0.25) is 0 Å². The molecule has 4 rings (SSSR count). The minimum absolute atomic E-state index is 0.633. The summed E-state index contributed by atoms with van der Waals surface area (Å²) in [6, 6.07) is 21.9. The molecule has 0 atom stereocenters. The van der Waals surface area contributed by atoms with Gasteiger partial charge < -0.3 is 14.5 Å². The molecular formula is C22H21N3O2.